The molecule has 0 aliphatic rings. The maximum absolute atomic E-state index is 11.8. The Morgan fingerprint density at radius 1 is 1.38 bits per heavy atom. The second-order valence-electron chi connectivity index (χ2n) is 5.15. The molecule has 16 heavy (non-hydrogen) atoms. The standard InChI is InChI=1S/C13H20N2O/c1-13(2,3)9-15-12(16)11-6-4-5-10(7-11)8-14/h4-7H,8-9,14H2,1-3H3,(H,15,16). The Hall–Kier alpha value is -1.35. The number of nitrogens with two attached hydrogens (primary N) is 1. The molecule has 1 amide bonds. The van der Waals surface area contributed by atoms with E-state index in [1.54, 1.807) is 6.07 Å². The summed E-state index contributed by atoms with van der Waals surface area (Å²) in [6, 6.07) is 7.41. The third-order valence-electron chi connectivity index (χ3n) is 2.20. The highest BCUT2D eigenvalue weighted by Gasteiger charge is 2.12. The molecule has 0 spiro atoms. The van der Waals surface area contributed by atoms with E-state index in [9.17, 15) is 4.79 Å². The molecule has 3 N–H and O–H groups in total. The zero-order valence-electron chi connectivity index (χ0n) is 10.2. The van der Waals surface area contributed by atoms with Gasteiger partial charge in [0.1, 0.15) is 0 Å². The molecule has 0 bridgehead atoms. The fraction of sp³-hybridized carbons (Fsp3) is 0.462. The van der Waals surface area contributed by atoms with Gasteiger partial charge in [0.2, 0.25) is 0 Å². The summed E-state index contributed by atoms with van der Waals surface area (Å²) in [5, 5.41) is 2.91. The minimum Gasteiger partial charge on any atom is -0.352 e. The van der Waals surface area contributed by atoms with Crippen LogP contribution in [0.2, 0.25) is 0 Å². The Kier molecular flexibility index (Phi) is 4.07. The van der Waals surface area contributed by atoms with Crippen LogP contribution in [0.1, 0.15) is 36.7 Å². The van der Waals surface area contributed by atoms with Crippen molar-refractivity contribution in [2.45, 2.75) is 27.3 Å². The lowest BCUT2D eigenvalue weighted by Crippen LogP contribution is -2.32. The van der Waals surface area contributed by atoms with Gasteiger partial charge in [-0.05, 0) is 23.1 Å². The Labute approximate surface area is 97.0 Å². The summed E-state index contributed by atoms with van der Waals surface area (Å²) in [6.45, 7) is 7.38. The maximum Gasteiger partial charge on any atom is 0.251 e. The Morgan fingerprint density at radius 3 is 2.62 bits per heavy atom. The van der Waals surface area contributed by atoms with Crippen LogP contribution in [-0.2, 0) is 6.54 Å². The fourth-order valence-corrected chi connectivity index (χ4v) is 1.29. The molecule has 1 aromatic carbocycles. The highest BCUT2D eigenvalue weighted by atomic mass is 16.1. The van der Waals surface area contributed by atoms with Crippen molar-refractivity contribution >= 4 is 5.91 Å². The van der Waals surface area contributed by atoms with Gasteiger partial charge in [-0.1, -0.05) is 32.9 Å². The summed E-state index contributed by atoms with van der Waals surface area (Å²) in [6.07, 6.45) is 0. The number of carbonyl (C=O) groups excluding carboxylic acids is 1. The monoisotopic (exact) mass is 220 g/mol. The SMILES string of the molecule is CC(C)(C)CNC(=O)c1cccc(CN)c1. The number of benzene rings is 1. The van der Waals surface area contributed by atoms with Gasteiger partial charge in [0.25, 0.3) is 5.91 Å². The predicted octanol–water partition coefficient (Wildman–Crippen LogP) is 1.92. The lowest BCUT2D eigenvalue weighted by molar-refractivity contribution is 0.0939. The molecule has 0 aromatic heterocycles. The topological polar surface area (TPSA) is 55.1 Å². The molecule has 0 heterocycles. The second kappa shape index (κ2) is 5.12. The molecule has 0 aliphatic carbocycles. The van der Waals surface area contributed by atoms with Crippen molar-refractivity contribution in [3.63, 3.8) is 0 Å². The van der Waals surface area contributed by atoms with Crippen molar-refractivity contribution in [3.05, 3.63) is 35.4 Å². The van der Waals surface area contributed by atoms with Crippen molar-refractivity contribution in [2.75, 3.05) is 6.54 Å². The van der Waals surface area contributed by atoms with E-state index in [0.29, 0.717) is 18.7 Å². The van der Waals surface area contributed by atoms with E-state index >= 15 is 0 Å². The van der Waals surface area contributed by atoms with E-state index < -0.39 is 0 Å². The van der Waals surface area contributed by atoms with Crippen LogP contribution in [0.4, 0.5) is 0 Å². The molecular formula is C13H20N2O. The van der Waals surface area contributed by atoms with Crippen molar-refractivity contribution < 1.29 is 4.79 Å². The molecule has 0 radical (unpaired) electrons. The molecule has 0 saturated carbocycles. The largest absolute Gasteiger partial charge is 0.352 e. The van der Waals surface area contributed by atoms with Gasteiger partial charge in [0, 0.05) is 18.7 Å². The quantitative estimate of drug-likeness (QED) is 0.817. The summed E-state index contributed by atoms with van der Waals surface area (Å²) in [5.41, 5.74) is 7.28. The zero-order chi connectivity index (χ0) is 12.2. The second-order valence-corrected chi connectivity index (χ2v) is 5.15. The van der Waals surface area contributed by atoms with E-state index in [1.807, 2.05) is 18.2 Å². The van der Waals surface area contributed by atoms with Gasteiger partial charge in [0.15, 0.2) is 0 Å². The van der Waals surface area contributed by atoms with Gasteiger partial charge in [0.05, 0.1) is 0 Å². The van der Waals surface area contributed by atoms with Crippen molar-refractivity contribution in [2.24, 2.45) is 11.1 Å². The van der Waals surface area contributed by atoms with Gasteiger partial charge in [-0.3, -0.25) is 4.79 Å². The summed E-state index contributed by atoms with van der Waals surface area (Å²) < 4.78 is 0. The van der Waals surface area contributed by atoms with Crippen LogP contribution in [-0.4, -0.2) is 12.5 Å². The van der Waals surface area contributed by atoms with Crippen LogP contribution in [0, 0.1) is 5.41 Å². The average Bonchev–Trinajstić information content (AvgIpc) is 2.25. The minimum atomic E-state index is -0.0368. The molecule has 0 unspecified atom stereocenters. The van der Waals surface area contributed by atoms with Crippen LogP contribution in [0.3, 0.4) is 0 Å². The third kappa shape index (κ3) is 4.03. The molecule has 3 heteroatoms. The van der Waals surface area contributed by atoms with Gasteiger partial charge in [-0.2, -0.15) is 0 Å². The minimum absolute atomic E-state index is 0.0368. The van der Waals surface area contributed by atoms with Crippen molar-refractivity contribution in [1.29, 1.82) is 0 Å². The number of hydrogen-bond donors (Lipinski definition) is 2. The first kappa shape index (κ1) is 12.7. The molecule has 0 saturated heterocycles. The summed E-state index contributed by atoms with van der Waals surface area (Å²) in [4.78, 5) is 11.8. The van der Waals surface area contributed by atoms with Crippen LogP contribution in [0.15, 0.2) is 24.3 Å². The first-order valence-electron chi connectivity index (χ1n) is 5.49. The van der Waals surface area contributed by atoms with E-state index in [-0.39, 0.29) is 11.3 Å². The van der Waals surface area contributed by atoms with Gasteiger partial charge < -0.3 is 11.1 Å². The van der Waals surface area contributed by atoms with Gasteiger partial charge in [-0.25, -0.2) is 0 Å². The van der Waals surface area contributed by atoms with E-state index in [4.69, 9.17) is 5.73 Å². The molecule has 0 atom stereocenters. The Morgan fingerprint density at radius 2 is 2.06 bits per heavy atom. The normalized spacial score (nSPS) is 11.2. The van der Waals surface area contributed by atoms with Crippen LogP contribution in [0.5, 0.6) is 0 Å². The summed E-state index contributed by atoms with van der Waals surface area (Å²) in [5.74, 6) is -0.0368. The van der Waals surface area contributed by atoms with E-state index in [1.165, 1.54) is 0 Å². The molecule has 3 nitrogen and oxygen atoms in total. The van der Waals surface area contributed by atoms with Crippen LogP contribution < -0.4 is 11.1 Å². The highest BCUT2D eigenvalue weighted by molar-refractivity contribution is 5.94. The Balaban J connectivity index is 2.66. The number of rotatable bonds is 3. The predicted molar refractivity (Wildman–Crippen MR) is 66.1 cm³/mol. The smallest absolute Gasteiger partial charge is 0.251 e. The molecular weight excluding hydrogens is 200 g/mol. The summed E-state index contributed by atoms with van der Waals surface area (Å²) >= 11 is 0. The fourth-order valence-electron chi connectivity index (χ4n) is 1.29. The molecule has 88 valence electrons. The number of nitrogens with one attached hydrogen (secondary N) is 1. The highest BCUT2D eigenvalue weighted by Crippen LogP contribution is 2.11. The van der Waals surface area contributed by atoms with Gasteiger partial charge >= 0.3 is 0 Å². The maximum atomic E-state index is 11.8. The summed E-state index contributed by atoms with van der Waals surface area (Å²) in [7, 11) is 0. The number of carbonyl (C=O) groups is 1. The molecule has 0 aliphatic heterocycles. The lowest BCUT2D eigenvalue weighted by atomic mass is 9.97. The van der Waals surface area contributed by atoms with Crippen LogP contribution >= 0.6 is 0 Å². The van der Waals surface area contributed by atoms with Gasteiger partial charge in [-0.15, -0.1) is 0 Å². The third-order valence-corrected chi connectivity index (χ3v) is 2.20. The lowest BCUT2D eigenvalue weighted by Gasteiger charge is -2.18. The first-order valence-corrected chi connectivity index (χ1v) is 5.49. The molecule has 0 fully saturated rings. The number of amides is 1. The van der Waals surface area contributed by atoms with E-state index in [2.05, 4.69) is 26.1 Å². The average molecular weight is 220 g/mol. The van der Waals surface area contributed by atoms with Crippen molar-refractivity contribution in [3.8, 4) is 0 Å². The molecule has 1 aromatic rings. The zero-order valence-corrected chi connectivity index (χ0v) is 10.2. The number of hydrogen-bond acceptors (Lipinski definition) is 2. The van der Waals surface area contributed by atoms with E-state index in [0.717, 1.165) is 5.56 Å². The first-order chi connectivity index (χ1) is 7.42. The Bertz CT molecular complexity index is 366. The van der Waals surface area contributed by atoms with Crippen molar-refractivity contribution in [1.82, 2.24) is 5.32 Å². The molecule has 1 rings (SSSR count). The van der Waals surface area contributed by atoms with Crippen LogP contribution in [0.25, 0.3) is 0 Å².